The monoisotopic (exact) mass is 360 g/mol. The molecule has 130 valence electrons. The van der Waals surface area contributed by atoms with Crippen LogP contribution in [0.3, 0.4) is 0 Å². The van der Waals surface area contributed by atoms with Gasteiger partial charge in [-0.2, -0.15) is 0 Å². The molecule has 0 N–H and O–H groups in total. The Kier molecular flexibility index (Phi) is 5.88. The van der Waals surface area contributed by atoms with Crippen molar-refractivity contribution in [3.05, 3.63) is 108 Å². The van der Waals surface area contributed by atoms with Crippen LogP contribution in [0.4, 0.5) is 0 Å². The molecule has 0 aliphatic rings. The molecule has 0 aliphatic carbocycles. The van der Waals surface area contributed by atoms with Gasteiger partial charge >= 0.3 is 0 Å². The van der Waals surface area contributed by atoms with Gasteiger partial charge in [0, 0.05) is 10.6 Å². The lowest BCUT2D eigenvalue weighted by Gasteiger charge is -2.15. The molecule has 3 rings (SSSR count). The van der Waals surface area contributed by atoms with E-state index in [1.807, 2.05) is 109 Å². The Balaban J connectivity index is 1.87. The first-order chi connectivity index (χ1) is 12.7. The number of allylic oxidation sites excluding steroid dienone is 2. The highest BCUT2D eigenvalue weighted by molar-refractivity contribution is 7.81. The minimum absolute atomic E-state index is 0.829. The van der Waals surface area contributed by atoms with E-state index in [4.69, 9.17) is 4.74 Å². The van der Waals surface area contributed by atoms with Crippen molar-refractivity contribution in [3.8, 4) is 5.75 Å². The molecule has 0 bridgehead atoms. The van der Waals surface area contributed by atoms with Crippen molar-refractivity contribution < 1.29 is 9.30 Å². The second-order valence-electron chi connectivity index (χ2n) is 5.80. The van der Waals surface area contributed by atoms with Crippen LogP contribution >= 0.6 is 7.14 Å². The summed E-state index contributed by atoms with van der Waals surface area (Å²) in [6, 6.07) is 27.1. The normalized spacial score (nSPS) is 11.9. The highest BCUT2D eigenvalue weighted by Crippen LogP contribution is 2.44. The smallest absolute Gasteiger partial charge is 0.164 e. The van der Waals surface area contributed by atoms with Crippen LogP contribution in [0, 0.1) is 0 Å². The second kappa shape index (κ2) is 8.51. The molecule has 3 heteroatoms. The summed E-state index contributed by atoms with van der Waals surface area (Å²) in [7, 11) is -1.16. The summed E-state index contributed by atoms with van der Waals surface area (Å²) in [5.74, 6) is 2.65. The van der Waals surface area contributed by atoms with Gasteiger partial charge < -0.3 is 9.30 Å². The lowest BCUT2D eigenvalue weighted by molar-refractivity contribution is 0.415. The maximum absolute atomic E-state index is 13.8. The van der Waals surface area contributed by atoms with E-state index in [2.05, 4.69) is 0 Å². The van der Waals surface area contributed by atoms with Crippen LogP contribution in [0.1, 0.15) is 5.56 Å². The van der Waals surface area contributed by atoms with Crippen molar-refractivity contribution in [1.82, 2.24) is 0 Å². The number of hydrogen-bond donors (Lipinski definition) is 0. The molecule has 0 amide bonds. The third-order valence-corrected chi connectivity index (χ3v) is 6.81. The van der Waals surface area contributed by atoms with E-state index in [-0.39, 0.29) is 0 Å². The van der Waals surface area contributed by atoms with Gasteiger partial charge in [-0.15, -0.1) is 0 Å². The maximum atomic E-state index is 13.8. The average molecular weight is 360 g/mol. The first-order valence-electron chi connectivity index (χ1n) is 8.43. The minimum atomic E-state index is -2.81. The van der Waals surface area contributed by atoms with Gasteiger partial charge in [0.1, 0.15) is 5.75 Å². The summed E-state index contributed by atoms with van der Waals surface area (Å²) in [5, 5.41) is 1.67. The van der Waals surface area contributed by atoms with Crippen molar-refractivity contribution >= 4 is 23.8 Å². The van der Waals surface area contributed by atoms with Gasteiger partial charge in [0.05, 0.1) is 7.11 Å². The largest absolute Gasteiger partial charge is 0.497 e. The summed E-state index contributed by atoms with van der Waals surface area (Å²) < 4.78 is 18.9. The molecule has 0 atom stereocenters. The summed E-state index contributed by atoms with van der Waals surface area (Å²) >= 11 is 0. The molecule has 2 nitrogen and oxygen atoms in total. The highest BCUT2D eigenvalue weighted by Gasteiger charge is 2.23. The molecule has 26 heavy (non-hydrogen) atoms. The molecule has 3 aromatic rings. The van der Waals surface area contributed by atoms with Crippen LogP contribution in [0.15, 0.2) is 103 Å². The lowest BCUT2D eigenvalue weighted by atomic mass is 10.2. The van der Waals surface area contributed by atoms with Crippen LogP contribution in [-0.4, -0.2) is 7.11 Å². The van der Waals surface area contributed by atoms with E-state index in [0.29, 0.717) is 0 Å². The van der Waals surface area contributed by atoms with Crippen molar-refractivity contribution in [2.24, 2.45) is 0 Å². The van der Waals surface area contributed by atoms with Gasteiger partial charge in [-0.05, 0) is 23.5 Å². The Labute approximate surface area is 154 Å². The molecular weight excluding hydrogens is 339 g/mol. The van der Waals surface area contributed by atoms with Gasteiger partial charge in [-0.1, -0.05) is 91.0 Å². The fourth-order valence-corrected chi connectivity index (χ4v) is 4.89. The van der Waals surface area contributed by atoms with E-state index in [1.165, 1.54) is 0 Å². The van der Waals surface area contributed by atoms with E-state index in [9.17, 15) is 4.57 Å². The molecule has 0 radical (unpaired) electrons. The zero-order chi connectivity index (χ0) is 18.2. The van der Waals surface area contributed by atoms with Crippen molar-refractivity contribution in [1.29, 1.82) is 0 Å². The SMILES string of the molecule is COc1ccc(/C=C/C=C/P(=O)(c2ccccc2)c2ccccc2)cc1. The third-order valence-electron chi connectivity index (χ3n) is 4.09. The Morgan fingerprint density at radius 1 is 0.731 bits per heavy atom. The molecule has 0 aliphatic heterocycles. The van der Waals surface area contributed by atoms with Gasteiger partial charge in [0.15, 0.2) is 7.14 Å². The summed E-state index contributed by atoms with van der Waals surface area (Å²) in [6.07, 6.45) is 5.77. The topological polar surface area (TPSA) is 26.3 Å². The van der Waals surface area contributed by atoms with Crippen LogP contribution in [-0.2, 0) is 4.57 Å². The third kappa shape index (κ3) is 4.22. The van der Waals surface area contributed by atoms with Crippen LogP contribution in [0.2, 0.25) is 0 Å². The zero-order valence-corrected chi connectivity index (χ0v) is 15.6. The first kappa shape index (κ1) is 18.0. The number of rotatable bonds is 6. The zero-order valence-electron chi connectivity index (χ0n) is 14.7. The molecule has 0 spiro atoms. The van der Waals surface area contributed by atoms with Crippen molar-refractivity contribution in [3.63, 3.8) is 0 Å². The lowest BCUT2D eigenvalue weighted by Crippen LogP contribution is -2.13. The fraction of sp³-hybridized carbons (Fsp3) is 0.0435. The van der Waals surface area contributed by atoms with Gasteiger partial charge in [-0.25, -0.2) is 0 Å². The van der Waals surface area contributed by atoms with E-state index in [1.54, 1.807) is 7.11 Å². The summed E-state index contributed by atoms with van der Waals surface area (Å²) in [6.45, 7) is 0. The quantitative estimate of drug-likeness (QED) is 0.444. The Morgan fingerprint density at radius 3 is 1.77 bits per heavy atom. The Morgan fingerprint density at radius 2 is 1.27 bits per heavy atom. The molecule has 0 heterocycles. The predicted molar refractivity (Wildman–Crippen MR) is 111 cm³/mol. The van der Waals surface area contributed by atoms with Crippen LogP contribution < -0.4 is 15.3 Å². The van der Waals surface area contributed by atoms with Crippen molar-refractivity contribution in [2.45, 2.75) is 0 Å². The standard InChI is InChI=1S/C23H21O2P/c1-25-21-17-15-20(16-18-21)10-8-9-19-26(24,22-11-4-2-5-12-22)23-13-6-3-7-14-23/h2-19H,1H3/b10-8+,19-9+. The maximum Gasteiger partial charge on any atom is 0.164 e. The molecule has 0 aromatic heterocycles. The van der Waals surface area contributed by atoms with E-state index in [0.717, 1.165) is 21.9 Å². The number of ether oxygens (including phenoxy) is 1. The first-order valence-corrected chi connectivity index (χ1v) is 10.2. The minimum Gasteiger partial charge on any atom is -0.497 e. The van der Waals surface area contributed by atoms with Gasteiger partial charge in [0.25, 0.3) is 0 Å². The molecular formula is C23H21O2P. The average Bonchev–Trinajstić information content (AvgIpc) is 2.73. The van der Waals surface area contributed by atoms with Gasteiger partial charge in [-0.3, -0.25) is 0 Å². The molecule has 3 aromatic carbocycles. The Hall–Kier alpha value is -2.83. The molecule has 0 unspecified atom stereocenters. The number of benzene rings is 3. The molecule has 0 fully saturated rings. The van der Waals surface area contributed by atoms with Crippen LogP contribution in [0.5, 0.6) is 5.75 Å². The van der Waals surface area contributed by atoms with E-state index < -0.39 is 7.14 Å². The number of hydrogen-bond acceptors (Lipinski definition) is 2. The number of methoxy groups -OCH3 is 1. The summed E-state index contributed by atoms with van der Waals surface area (Å²) in [4.78, 5) is 0. The van der Waals surface area contributed by atoms with E-state index >= 15 is 0 Å². The molecule has 0 saturated heterocycles. The van der Waals surface area contributed by atoms with Crippen LogP contribution in [0.25, 0.3) is 6.08 Å². The van der Waals surface area contributed by atoms with Gasteiger partial charge in [0.2, 0.25) is 0 Å². The Bertz CT molecular complexity index is 883. The van der Waals surface area contributed by atoms with Crippen molar-refractivity contribution in [2.75, 3.05) is 7.11 Å². The highest BCUT2D eigenvalue weighted by atomic mass is 31.2. The second-order valence-corrected chi connectivity index (χ2v) is 8.45. The molecule has 0 saturated carbocycles. The fourth-order valence-electron chi connectivity index (χ4n) is 2.67. The summed E-state index contributed by atoms with van der Waals surface area (Å²) in [5.41, 5.74) is 1.06. The predicted octanol–water partition coefficient (Wildman–Crippen LogP) is 5.24.